The van der Waals surface area contributed by atoms with E-state index in [1.54, 1.807) is 7.11 Å². The van der Waals surface area contributed by atoms with Crippen LogP contribution in [0.4, 0.5) is 0 Å². The SMILES string of the molecule is CCCNC(=O)C[NH+](C)CC(=O)NCCc1ccccc1OC. The summed E-state index contributed by atoms with van der Waals surface area (Å²) in [5.74, 6) is 0.754. The quantitative estimate of drug-likeness (QED) is 0.538. The Labute approximate surface area is 138 Å². The van der Waals surface area contributed by atoms with Crippen LogP contribution in [0.25, 0.3) is 0 Å². The van der Waals surface area contributed by atoms with E-state index in [-0.39, 0.29) is 18.4 Å². The Hall–Kier alpha value is -2.08. The van der Waals surface area contributed by atoms with E-state index < -0.39 is 0 Å². The van der Waals surface area contributed by atoms with Crippen LogP contribution in [0.2, 0.25) is 0 Å². The van der Waals surface area contributed by atoms with E-state index in [1.165, 1.54) is 0 Å². The smallest absolute Gasteiger partial charge is 0.275 e. The second-order valence-electron chi connectivity index (χ2n) is 5.57. The van der Waals surface area contributed by atoms with Crippen molar-refractivity contribution >= 4 is 11.8 Å². The number of carbonyl (C=O) groups is 2. The van der Waals surface area contributed by atoms with Gasteiger partial charge in [0.2, 0.25) is 0 Å². The third kappa shape index (κ3) is 7.65. The molecule has 0 bridgehead atoms. The molecule has 6 heteroatoms. The number of benzene rings is 1. The predicted octanol–water partition coefficient (Wildman–Crippen LogP) is -0.605. The van der Waals surface area contributed by atoms with Gasteiger partial charge >= 0.3 is 0 Å². The molecule has 1 aromatic rings. The molecule has 2 amide bonds. The van der Waals surface area contributed by atoms with E-state index in [0.29, 0.717) is 26.1 Å². The van der Waals surface area contributed by atoms with Crippen LogP contribution in [0.15, 0.2) is 24.3 Å². The van der Waals surface area contributed by atoms with Gasteiger partial charge in [-0.2, -0.15) is 0 Å². The van der Waals surface area contributed by atoms with Gasteiger partial charge in [0.1, 0.15) is 5.75 Å². The zero-order valence-corrected chi connectivity index (χ0v) is 14.3. The van der Waals surface area contributed by atoms with Crippen LogP contribution in [-0.4, -0.2) is 52.2 Å². The maximum absolute atomic E-state index is 11.9. The molecule has 0 aliphatic carbocycles. The van der Waals surface area contributed by atoms with Gasteiger partial charge in [-0.3, -0.25) is 9.59 Å². The Kier molecular flexibility index (Phi) is 8.75. The third-order valence-corrected chi connectivity index (χ3v) is 3.41. The summed E-state index contributed by atoms with van der Waals surface area (Å²) >= 11 is 0. The Morgan fingerprint density at radius 3 is 2.30 bits per heavy atom. The van der Waals surface area contributed by atoms with Crippen LogP contribution in [0, 0.1) is 0 Å². The number of quaternary nitrogens is 1. The van der Waals surface area contributed by atoms with E-state index >= 15 is 0 Å². The lowest BCUT2D eigenvalue weighted by atomic mass is 10.1. The molecule has 0 aliphatic heterocycles. The number of amides is 2. The zero-order chi connectivity index (χ0) is 17.1. The maximum atomic E-state index is 11.9. The summed E-state index contributed by atoms with van der Waals surface area (Å²) in [7, 11) is 3.48. The molecule has 1 rings (SSSR count). The highest BCUT2D eigenvalue weighted by atomic mass is 16.5. The summed E-state index contributed by atoms with van der Waals surface area (Å²) in [6.45, 7) is 3.82. The standard InChI is InChI=1S/C17H27N3O3/c1-4-10-18-16(21)12-20(2)13-17(22)19-11-9-14-7-5-6-8-15(14)23-3/h5-8H,4,9-13H2,1-3H3,(H,18,21)(H,19,22)/p+1. The highest BCUT2D eigenvalue weighted by Crippen LogP contribution is 2.16. The van der Waals surface area contributed by atoms with Gasteiger partial charge < -0.3 is 20.3 Å². The molecular formula is C17H28N3O3+. The normalized spacial score (nSPS) is 11.6. The Morgan fingerprint density at radius 2 is 1.70 bits per heavy atom. The summed E-state index contributed by atoms with van der Waals surface area (Å²) in [6.07, 6.45) is 1.63. The lowest BCUT2D eigenvalue weighted by Crippen LogP contribution is -3.11. The molecule has 0 aliphatic rings. The van der Waals surface area contributed by atoms with E-state index in [0.717, 1.165) is 22.6 Å². The molecule has 0 aromatic heterocycles. The number of hydrogen-bond donors (Lipinski definition) is 3. The molecule has 0 saturated heterocycles. The molecule has 6 nitrogen and oxygen atoms in total. The number of ether oxygens (including phenoxy) is 1. The molecule has 0 radical (unpaired) electrons. The molecule has 128 valence electrons. The first kappa shape index (κ1) is 19.0. The van der Waals surface area contributed by atoms with E-state index in [1.807, 2.05) is 38.2 Å². The van der Waals surface area contributed by atoms with Crippen LogP contribution in [0.3, 0.4) is 0 Å². The fourth-order valence-electron chi connectivity index (χ4n) is 2.25. The van der Waals surface area contributed by atoms with Crippen molar-refractivity contribution < 1.29 is 19.2 Å². The zero-order valence-electron chi connectivity index (χ0n) is 14.3. The molecule has 1 aromatic carbocycles. The van der Waals surface area contributed by atoms with Crippen LogP contribution in [0.5, 0.6) is 5.75 Å². The largest absolute Gasteiger partial charge is 0.496 e. The highest BCUT2D eigenvalue weighted by Gasteiger charge is 2.13. The summed E-state index contributed by atoms with van der Waals surface area (Å²) in [5.41, 5.74) is 1.06. The first-order valence-corrected chi connectivity index (χ1v) is 8.03. The number of nitrogens with one attached hydrogen (secondary N) is 3. The molecule has 23 heavy (non-hydrogen) atoms. The fourth-order valence-corrected chi connectivity index (χ4v) is 2.25. The van der Waals surface area contributed by atoms with Gasteiger partial charge in [-0.1, -0.05) is 25.1 Å². The van der Waals surface area contributed by atoms with Crippen molar-refractivity contribution in [3.05, 3.63) is 29.8 Å². The first-order valence-electron chi connectivity index (χ1n) is 8.03. The Bertz CT molecular complexity index is 506. The number of methoxy groups -OCH3 is 1. The number of likely N-dealkylation sites (N-methyl/N-ethyl adjacent to an activating group) is 1. The monoisotopic (exact) mass is 322 g/mol. The van der Waals surface area contributed by atoms with Gasteiger partial charge in [-0.05, 0) is 24.5 Å². The highest BCUT2D eigenvalue weighted by molar-refractivity contribution is 5.78. The van der Waals surface area contributed by atoms with Gasteiger partial charge in [0.15, 0.2) is 13.1 Å². The van der Waals surface area contributed by atoms with Crippen molar-refractivity contribution in [3.63, 3.8) is 0 Å². The predicted molar refractivity (Wildman–Crippen MR) is 89.6 cm³/mol. The number of carbonyl (C=O) groups excluding carboxylic acids is 2. The van der Waals surface area contributed by atoms with E-state index in [2.05, 4.69) is 10.6 Å². The first-order chi connectivity index (χ1) is 11.1. The van der Waals surface area contributed by atoms with Gasteiger partial charge in [0, 0.05) is 13.1 Å². The van der Waals surface area contributed by atoms with Crippen LogP contribution >= 0.6 is 0 Å². The van der Waals surface area contributed by atoms with E-state index in [4.69, 9.17) is 4.74 Å². The van der Waals surface area contributed by atoms with Gasteiger partial charge in [-0.15, -0.1) is 0 Å². The Balaban J connectivity index is 2.27. The van der Waals surface area contributed by atoms with Crippen molar-refractivity contribution in [2.24, 2.45) is 0 Å². The van der Waals surface area contributed by atoms with Crippen molar-refractivity contribution in [2.45, 2.75) is 19.8 Å². The molecule has 0 saturated carbocycles. The summed E-state index contributed by atoms with van der Waals surface area (Å²) < 4.78 is 5.28. The lowest BCUT2D eigenvalue weighted by Gasteiger charge is -2.14. The summed E-state index contributed by atoms with van der Waals surface area (Å²) in [4.78, 5) is 24.4. The molecule has 1 atom stereocenters. The van der Waals surface area contributed by atoms with Crippen LogP contribution in [0.1, 0.15) is 18.9 Å². The molecule has 1 unspecified atom stereocenters. The van der Waals surface area contributed by atoms with Crippen LogP contribution in [-0.2, 0) is 16.0 Å². The lowest BCUT2D eigenvalue weighted by molar-refractivity contribution is -0.862. The van der Waals surface area contributed by atoms with Gasteiger partial charge in [0.05, 0.1) is 14.2 Å². The summed E-state index contributed by atoms with van der Waals surface area (Å²) in [5, 5.41) is 5.69. The molecule has 3 N–H and O–H groups in total. The van der Waals surface area contributed by atoms with Gasteiger partial charge in [-0.25, -0.2) is 0 Å². The average molecular weight is 322 g/mol. The third-order valence-electron chi connectivity index (χ3n) is 3.41. The van der Waals surface area contributed by atoms with Crippen molar-refractivity contribution in [3.8, 4) is 5.75 Å². The topological polar surface area (TPSA) is 71.9 Å². The minimum atomic E-state index is -0.0549. The second kappa shape index (κ2) is 10.6. The van der Waals surface area contributed by atoms with Crippen molar-refractivity contribution in [1.82, 2.24) is 10.6 Å². The van der Waals surface area contributed by atoms with Gasteiger partial charge in [0.25, 0.3) is 11.8 Å². The van der Waals surface area contributed by atoms with Crippen molar-refractivity contribution in [2.75, 3.05) is 40.3 Å². The average Bonchev–Trinajstić information content (AvgIpc) is 2.53. The minimum absolute atomic E-state index is 0.0221. The fraction of sp³-hybridized carbons (Fsp3) is 0.529. The summed E-state index contributed by atoms with van der Waals surface area (Å²) in [6, 6.07) is 7.76. The van der Waals surface area contributed by atoms with Crippen LogP contribution < -0.4 is 20.3 Å². The molecular weight excluding hydrogens is 294 g/mol. The molecule has 0 fully saturated rings. The van der Waals surface area contributed by atoms with E-state index in [9.17, 15) is 9.59 Å². The molecule has 0 spiro atoms. The number of hydrogen-bond acceptors (Lipinski definition) is 3. The second-order valence-corrected chi connectivity index (χ2v) is 5.57. The Morgan fingerprint density at radius 1 is 1.09 bits per heavy atom. The number of rotatable bonds is 10. The maximum Gasteiger partial charge on any atom is 0.275 e. The number of para-hydroxylation sites is 1. The minimum Gasteiger partial charge on any atom is -0.496 e. The van der Waals surface area contributed by atoms with Crippen molar-refractivity contribution in [1.29, 1.82) is 0 Å². The molecule has 0 heterocycles.